The van der Waals surface area contributed by atoms with Gasteiger partial charge in [-0.15, -0.1) is 0 Å². The van der Waals surface area contributed by atoms with Gasteiger partial charge < -0.3 is 20.1 Å². The topological polar surface area (TPSA) is 132 Å². The van der Waals surface area contributed by atoms with Gasteiger partial charge in [-0.1, -0.05) is 26.0 Å². The maximum atomic E-state index is 13.6. The first kappa shape index (κ1) is 32.0. The number of aromatic nitrogens is 1. The maximum absolute atomic E-state index is 13.6. The first-order valence-electron chi connectivity index (χ1n) is 13.5. The summed E-state index contributed by atoms with van der Waals surface area (Å²) in [5.74, 6) is -2.16. The summed E-state index contributed by atoms with van der Waals surface area (Å²) in [6.07, 6.45) is -0.0141. The van der Waals surface area contributed by atoms with Crippen molar-refractivity contribution in [3.05, 3.63) is 89.8 Å². The van der Waals surface area contributed by atoms with Gasteiger partial charge in [0.1, 0.15) is 23.4 Å². The van der Waals surface area contributed by atoms with Gasteiger partial charge in [0.25, 0.3) is 5.91 Å². The number of amides is 1. The number of hydrogen-bond acceptors (Lipinski definition) is 8. The van der Waals surface area contributed by atoms with E-state index in [0.29, 0.717) is 17.0 Å². The number of sulfonamides is 1. The van der Waals surface area contributed by atoms with Crippen LogP contribution in [0.15, 0.2) is 71.8 Å². The van der Waals surface area contributed by atoms with Crippen molar-refractivity contribution in [2.45, 2.75) is 42.9 Å². The molecule has 10 nitrogen and oxygen atoms in total. The third-order valence-corrected chi connectivity index (χ3v) is 8.80. The van der Waals surface area contributed by atoms with Crippen LogP contribution in [-0.2, 0) is 36.4 Å². The first-order valence-corrected chi connectivity index (χ1v) is 15.0. The second-order valence-electron chi connectivity index (χ2n) is 11.0. The zero-order valence-corrected chi connectivity index (χ0v) is 25.1. The number of benzene rings is 2. The van der Waals surface area contributed by atoms with Crippen LogP contribution in [0.3, 0.4) is 0 Å². The van der Waals surface area contributed by atoms with Crippen LogP contribution in [-0.4, -0.2) is 73.8 Å². The lowest BCUT2D eigenvalue weighted by molar-refractivity contribution is -0.163. The molecule has 1 fully saturated rings. The lowest BCUT2D eigenvalue weighted by Gasteiger charge is -2.48. The monoisotopic (exact) mass is 616 g/mol. The smallest absolute Gasteiger partial charge is 0.324 e. The van der Waals surface area contributed by atoms with E-state index in [1.54, 1.807) is 34.0 Å². The molecule has 1 saturated heterocycles. The Bertz CT molecular complexity index is 1560. The Morgan fingerprint density at radius 3 is 2.28 bits per heavy atom. The van der Waals surface area contributed by atoms with E-state index in [-0.39, 0.29) is 36.2 Å². The van der Waals surface area contributed by atoms with E-state index in [4.69, 9.17) is 15.2 Å². The van der Waals surface area contributed by atoms with E-state index < -0.39 is 45.4 Å². The van der Waals surface area contributed by atoms with Crippen molar-refractivity contribution in [3.63, 3.8) is 0 Å². The summed E-state index contributed by atoms with van der Waals surface area (Å²) in [5.41, 5.74) is 5.64. The summed E-state index contributed by atoms with van der Waals surface area (Å²) in [4.78, 5) is 30.5. The number of nitrogens with two attached hydrogens (primary N) is 1. The van der Waals surface area contributed by atoms with Crippen molar-refractivity contribution in [1.82, 2.24) is 14.2 Å². The zero-order valence-electron chi connectivity index (χ0n) is 24.2. The number of esters is 1. The van der Waals surface area contributed by atoms with Crippen LogP contribution >= 0.6 is 0 Å². The highest BCUT2D eigenvalue weighted by Crippen LogP contribution is 2.39. The highest BCUT2D eigenvalue weighted by atomic mass is 32.2. The number of pyridine rings is 1. The molecule has 2 heterocycles. The number of carbonyl (C=O) groups is 2. The Labute approximate surface area is 249 Å². The molecule has 1 aliphatic heterocycles. The molecule has 0 spiro atoms. The van der Waals surface area contributed by atoms with Gasteiger partial charge in [0.05, 0.1) is 29.9 Å². The van der Waals surface area contributed by atoms with E-state index in [2.05, 4.69) is 4.98 Å². The van der Waals surface area contributed by atoms with Crippen molar-refractivity contribution >= 4 is 21.9 Å². The van der Waals surface area contributed by atoms with Crippen molar-refractivity contribution in [2.75, 3.05) is 27.2 Å². The summed E-state index contributed by atoms with van der Waals surface area (Å²) in [6, 6.07) is 12.7. The van der Waals surface area contributed by atoms with E-state index in [1.165, 1.54) is 63.8 Å². The fourth-order valence-corrected chi connectivity index (χ4v) is 6.21. The van der Waals surface area contributed by atoms with Crippen LogP contribution in [0, 0.1) is 17.6 Å². The number of likely N-dealkylation sites (N-methyl/N-ethyl adjacent to an activating group) is 1. The molecular weight excluding hydrogens is 582 g/mol. The highest BCUT2D eigenvalue weighted by Gasteiger charge is 2.53. The summed E-state index contributed by atoms with van der Waals surface area (Å²) in [7, 11) is -0.913. The van der Waals surface area contributed by atoms with Gasteiger partial charge in [0.15, 0.2) is 11.7 Å². The van der Waals surface area contributed by atoms with Crippen LogP contribution in [0.25, 0.3) is 0 Å². The Balaban J connectivity index is 1.50. The molecule has 0 bridgehead atoms. The van der Waals surface area contributed by atoms with Crippen LogP contribution in [0.5, 0.6) is 5.75 Å². The molecule has 2 aromatic carbocycles. The molecule has 0 unspecified atom stereocenters. The summed E-state index contributed by atoms with van der Waals surface area (Å²) in [5, 5.41) is 0. The van der Waals surface area contributed by atoms with Crippen molar-refractivity contribution in [1.29, 1.82) is 0 Å². The number of rotatable bonds is 11. The molecule has 230 valence electrons. The number of nitrogens with zero attached hydrogens (tertiary/aromatic N) is 3. The molecule has 0 aliphatic carbocycles. The maximum Gasteiger partial charge on any atom is 0.324 e. The standard InChI is InChI=1S/C30H34F2N4O6S/c1-19(2)27(28(37)35(3)4)41-29(38)25(33)15-20-6-5-7-24(14-20)43(39,40)36-17-30(18-36,26-13-10-22(32)16-34-26)42-23-11-8-21(31)9-12-23/h5-14,16,19,25,27H,15,17-18,33H2,1-4H3/t25-,27-/m0/s1. The van der Waals surface area contributed by atoms with Gasteiger partial charge in [-0.2, -0.15) is 4.31 Å². The molecule has 3 aromatic rings. The third kappa shape index (κ3) is 7.17. The Hall–Kier alpha value is -3.94. The molecule has 0 radical (unpaired) electrons. The molecule has 13 heteroatoms. The molecule has 1 aliphatic rings. The number of hydrogen-bond donors (Lipinski definition) is 1. The van der Waals surface area contributed by atoms with Crippen molar-refractivity contribution in [2.24, 2.45) is 11.7 Å². The van der Waals surface area contributed by atoms with E-state index in [0.717, 1.165) is 6.20 Å². The predicted octanol–water partition coefficient (Wildman–Crippen LogP) is 2.86. The second-order valence-corrected chi connectivity index (χ2v) is 12.9. The van der Waals surface area contributed by atoms with Gasteiger partial charge >= 0.3 is 5.97 Å². The van der Waals surface area contributed by atoms with E-state index in [9.17, 15) is 26.8 Å². The predicted molar refractivity (Wildman–Crippen MR) is 153 cm³/mol. The molecule has 4 rings (SSSR count). The van der Waals surface area contributed by atoms with Crippen LogP contribution < -0.4 is 10.5 Å². The molecule has 43 heavy (non-hydrogen) atoms. The van der Waals surface area contributed by atoms with Crippen LogP contribution in [0.1, 0.15) is 25.1 Å². The molecule has 0 saturated carbocycles. The van der Waals surface area contributed by atoms with Gasteiger partial charge in [-0.3, -0.25) is 14.6 Å². The minimum Gasteiger partial charge on any atom is -0.478 e. The Morgan fingerprint density at radius 1 is 1.05 bits per heavy atom. The quantitative estimate of drug-likeness (QED) is 0.326. The largest absolute Gasteiger partial charge is 0.478 e. The lowest BCUT2D eigenvalue weighted by Crippen LogP contribution is -2.64. The molecular formula is C30H34F2N4O6S. The summed E-state index contributed by atoms with van der Waals surface area (Å²) < 4.78 is 66.9. The van der Waals surface area contributed by atoms with Crippen molar-refractivity contribution in [3.8, 4) is 5.75 Å². The minimum absolute atomic E-state index is 0.0275. The lowest BCUT2D eigenvalue weighted by atomic mass is 9.91. The van der Waals surface area contributed by atoms with Gasteiger partial charge in [-0.05, 0) is 66.4 Å². The highest BCUT2D eigenvalue weighted by molar-refractivity contribution is 7.89. The van der Waals surface area contributed by atoms with Crippen molar-refractivity contribution < 1.29 is 36.3 Å². The van der Waals surface area contributed by atoms with Crippen LogP contribution in [0.2, 0.25) is 0 Å². The first-order chi connectivity index (χ1) is 20.2. The van der Waals surface area contributed by atoms with Gasteiger partial charge in [0.2, 0.25) is 10.0 Å². The second kappa shape index (κ2) is 12.7. The van der Waals surface area contributed by atoms with Gasteiger partial charge in [-0.25, -0.2) is 17.2 Å². The fraction of sp³-hybridized carbons (Fsp3) is 0.367. The summed E-state index contributed by atoms with van der Waals surface area (Å²) >= 11 is 0. The third-order valence-electron chi connectivity index (χ3n) is 7.01. The Kier molecular flexibility index (Phi) is 9.47. The van der Waals surface area contributed by atoms with E-state index in [1.807, 2.05) is 0 Å². The number of halogens is 2. The summed E-state index contributed by atoms with van der Waals surface area (Å²) in [6.45, 7) is 3.22. The average Bonchev–Trinajstić information content (AvgIpc) is 2.94. The number of carbonyl (C=O) groups excluding carboxylic acids is 2. The molecule has 1 amide bonds. The van der Waals surface area contributed by atoms with E-state index >= 15 is 0 Å². The molecule has 2 atom stereocenters. The Morgan fingerprint density at radius 2 is 1.70 bits per heavy atom. The minimum atomic E-state index is -4.03. The molecule has 2 N–H and O–H groups in total. The fourth-order valence-electron chi connectivity index (χ4n) is 4.60. The number of ether oxygens (including phenoxy) is 2. The SMILES string of the molecule is CC(C)[C@H](OC(=O)[C@@H](N)Cc1cccc(S(=O)(=O)N2CC(Oc3ccc(F)cc3)(c3ccc(F)cn3)C2)c1)C(=O)N(C)C. The zero-order chi connectivity index (χ0) is 31.5. The molecule has 1 aromatic heterocycles. The van der Waals surface area contributed by atoms with Crippen LogP contribution in [0.4, 0.5) is 8.78 Å². The normalized spacial score (nSPS) is 16.2. The average molecular weight is 617 g/mol. The van der Waals surface area contributed by atoms with Gasteiger partial charge in [0, 0.05) is 14.1 Å².